The van der Waals surface area contributed by atoms with Crippen LogP contribution in [0.5, 0.6) is 5.75 Å². The van der Waals surface area contributed by atoms with Gasteiger partial charge in [-0.1, -0.05) is 33.8 Å². The Morgan fingerprint density at radius 1 is 1.32 bits per heavy atom. The highest BCUT2D eigenvalue weighted by atomic mass is 16.5. The predicted molar refractivity (Wildman–Crippen MR) is 90.5 cm³/mol. The minimum atomic E-state index is -0.857. The van der Waals surface area contributed by atoms with Gasteiger partial charge in [0, 0.05) is 12.6 Å². The largest absolute Gasteiger partial charge is 0.476 e. The molecule has 1 unspecified atom stereocenters. The van der Waals surface area contributed by atoms with Crippen LogP contribution in [0.15, 0.2) is 18.2 Å². The van der Waals surface area contributed by atoms with Crippen LogP contribution >= 0.6 is 0 Å². The highest BCUT2D eigenvalue weighted by molar-refractivity contribution is 6.02. The van der Waals surface area contributed by atoms with Crippen LogP contribution in [0.1, 0.15) is 53.5 Å². The SMILES string of the molecule is CCC(N)CN1C(=O)C(C)(C)Oc2ccc(C(C)(C)C)cc21. The minimum absolute atomic E-state index is 0.0174. The van der Waals surface area contributed by atoms with Crippen LogP contribution in [0.3, 0.4) is 0 Å². The molecule has 4 heteroatoms. The highest BCUT2D eigenvalue weighted by Gasteiger charge is 2.41. The Hall–Kier alpha value is -1.55. The van der Waals surface area contributed by atoms with E-state index in [0.29, 0.717) is 6.54 Å². The standard InChI is InChI=1S/C18H28N2O2/c1-7-13(19)11-20-14-10-12(17(2,3)4)8-9-15(14)22-18(5,6)16(20)21/h8-10,13H,7,11,19H2,1-6H3. The normalized spacial score (nSPS) is 18.7. The van der Waals surface area contributed by atoms with Crippen molar-refractivity contribution >= 4 is 11.6 Å². The summed E-state index contributed by atoms with van der Waals surface area (Å²) in [7, 11) is 0. The summed E-state index contributed by atoms with van der Waals surface area (Å²) in [5.74, 6) is 0.718. The third-order valence-corrected chi connectivity index (χ3v) is 4.18. The van der Waals surface area contributed by atoms with Crippen LogP contribution in [0, 0.1) is 0 Å². The molecular formula is C18H28N2O2. The van der Waals surface area contributed by atoms with Crippen LogP contribution < -0.4 is 15.4 Å². The number of carbonyl (C=O) groups is 1. The number of hydrogen-bond donors (Lipinski definition) is 1. The van der Waals surface area contributed by atoms with E-state index in [9.17, 15) is 4.79 Å². The van der Waals surface area contributed by atoms with Gasteiger partial charge in [-0.3, -0.25) is 4.79 Å². The molecule has 1 amide bonds. The number of amides is 1. The van der Waals surface area contributed by atoms with E-state index in [4.69, 9.17) is 10.5 Å². The van der Waals surface area contributed by atoms with Crippen molar-refractivity contribution in [2.24, 2.45) is 5.73 Å². The van der Waals surface area contributed by atoms with Gasteiger partial charge in [0.15, 0.2) is 5.60 Å². The maximum atomic E-state index is 12.8. The summed E-state index contributed by atoms with van der Waals surface area (Å²) in [5, 5.41) is 0. The number of rotatable bonds is 3. The number of anilines is 1. The number of hydrogen-bond acceptors (Lipinski definition) is 3. The lowest BCUT2D eigenvalue weighted by Crippen LogP contribution is -2.55. The molecular weight excluding hydrogens is 276 g/mol. The zero-order chi connectivity index (χ0) is 16.7. The number of fused-ring (bicyclic) bond motifs is 1. The predicted octanol–water partition coefficient (Wildman–Crippen LogP) is 3.23. The van der Waals surface area contributed by atoms with Crippen molar-refractivity contribution in [3.05, 3.63) is 23.8 Å². The first-order valence-electron chi connectivity index (χ1n) is 7.97. The zero-order valence-corrected chi connectivity index (χ0v) is 14.6. The van der Waals surface area contributed by atoms with Crippen molar-refractivity contribution in [1.29, 1.82) is 0 Å². The second-order valence-corrected chi connectivity index (χ2v) is 7.63. The van der Waals surface area contributed by atoms with E-state index in [2.05, 4.69) is 32.9 Å². The van der Waals surface area contributed by atoms with Crippen molar-refractivity contribution < 1.29 is 9.53 Å². The lowest BCUT2D eigenvalue weighted by atomic mass is 9.86. The number of nitrogens with two attached hydrogens (primary N) is 1. The molecule has 0 bridgehead atoms. The van der Waals surface area contributed by atoms with Gasteiger partial charge in [-0.05, 0) is 43.4 Å². The van der Waals surface area contributed by atoms with E-state index in [-0.39, 0.29) is 17.4 Å². The molecule has 1 atom stereocenters. The number of carbonyl (C=O) groups excluding carboxylic acids is 1. The maximum absolute atomic E-state index is 12.8. The molecule has 0 spiro atoms. The van der Waals surface area contributed by atoms with Gasteiger partial charge in [-0.2, -0.15) is 0 Å². The van der Waals surface area contributed by atoms with Crippen LogP contribution in [-0.2, 0) is 10.2 Å². The molecule has 0 radical (unpaired) electrons. The number of nitrogens with zero attached hydrogens (tertiary/aromatic N) is 1. The van der Waals surface area contributed by atoms with Gasteiger partial charge in [-0.25, -0.2) is 0 Å². The lowest BCUT2D eigenvalue weighted by molar-refractivity contribution is -0.132. The van der Waals surface area contributed by atoms with Gasteiger partial charge in [0.05, 0.1) is 5.69 Å². The first kappa shape index (κ1) is 16.8. The van der Waals surface area contributed by atoms with Gasteiger partial charge in [0.2, 0.25) is 0 Å². The lowest BCUT2D eigenvalue weighted by Gasteiger charge is -2.40. The van der Waals surface area contributed by atoms with Crippen LogP contribution in [0.2, 0.25) is 0 Å². The summed E-state index contributed by atoms with van der Waals surface area (Å²) in [4.78, 5) is 14.6. The van der Waals surface area contributed by atoms with Gasteiger partial charge < -0.3 is 15.4 Å². The fourth-order valence-corrected chi connectivity index (χ4v) is 2.58. The van der Waals surface area contributed by atoms with Gasteiger partial charge in [0.25, 0.3) is 5.91 Å². The van der Waals surface area contributed by atoms with Crippen LogP contribution in [0.25, 0.3) is 0 Å². The van der Waals surface area contributed by atoms with Crippen molar-refractivity contribution in [3.63, 3.8) is 0 Å². The van der Waals surface area contributed by atoms with E-state index in [0.717, 1.165) is 17.9 Å². The molecule has 0 saturated heterocycles. The Morgan fingerprint density at radius 3 is 2.50 bits per heavy atom. The molecule has 2 N–H and O–H groups in total. The van der Waals surface area contributed by atoms with Crippen molar-refractivity contribution in [2.45, 2.75) is 65.0 Å². The number of ether oxygens (including phenoxy) is 1. The Kier molecular flexibility index (Phi) is 4.26. The average molecular weight is 304 g/mol. The molecule has 4 nitrogen and oxygen atoms in total. The third-order valence-electron chi connectivity index (χ3n) is 4.18. The van der Waals surface area contributed by atoms with E-state index in [1.165, 1.54) is 5.56 Å². The van der Waals surface area contributed by atoms with E-state index in [1.807, 2.05) is 13.0 Å². The first-order chi connectivity index (χ1) is 10.1. The maximum Gasteiger partial charge on any atom is 0.270 e. The summed E-state index contributed by atoms with van der Waals surface area (Å²) < 4.78 is 5.91. The summed E-state index contributed by atoms with van der Waals surface area (Å²) >= 11 is 0. The summed E-state index contributed by atoms with van der Waals surface area (Å²) in [6.07, 6.45) is 0.833. The molecule has 0 aromatic heterocycles. The molecule has 0 fully saturated rings. The molecule has 0 saturated carbocycles. The molecule has 1 aliphatic heterocycles. The Morgan fingerprint density at radius 2 is 1.95 bits per heavy atom. The van der Waals surface area contributed by atoms with Crippen LogP contribution in [-0.4, -0.2) is 24.1 Å². The third kappa shape index (κ3) is 3.12. The molecule has 2 rings (SSSR count). The van der Waals surface area contributed by atoms with Gasteiger partial charge in [-0.15, -0.1) is 0 Å². The summed E-state index contributed by atoms with van der Waals surface area (Å²) in [5.41, 5.74) is 7.27. The molecule has 1 aromatic carbocycles. The van der Waals surface area contributed by atoms with E-state index >= 15 is 0 Å². The molecule has 1 aromatic rings. The quantitative estimate of drug-likeness (QED) is 0.933. The zero-order valence-electron chi connectivity index (χ0n) is 14.6. The van der Waals surface area contributed by atoms with Crippen molar-refractivity contribution in [3.8, 4) is 5.75 Å². The molecule has 22 heavy (non-hydrogen) atoms. The van der Waals surface area contributed by atoms with E-state index < -0.39 is 5.60 Å². The summed E-state index contributed by atoms with van der Waals surface area (Å²) in [6, 6.07) is 6.06. The molecule has 1 heterocycles. The van der Waals surface area contributed by atoms with Gasteiger partial charge >= 0.3 is 0 Å². The monoisotopic (exact) mass is 304 g/mol. The second-order valence-electron chi connectivity index (χ2n) is 7.63. The second kappa shape index (κ2) is 5.58. The van der Waals surface area contributed by atoms with Crippen molar-refractivity contribution in [1.82, 2.24) is 0 Å². The molecule has 122 valence electrons. The fourth-order valence-electron chi connectivity index (χ4n) is 2.58. The van der Waals surface area contributed by atoms with E-state index in [1.54, 1.807) is 18.7 Å². The minimum Gasteiger partial charge on any atom is -0.476 e. The molecule has 0 aliphatic carbocycles. The first-order valence-corrected chi connectivity index (χ1v) is 7.97. The number of benzene rings is 1. The Bertz CT molecular complexity index is 573. The Balaban J connectivity index is 2.51. The summed E-state index contributed by atoms with van der Waals surface area (Å²) in [6.45, 7) is 12.6. The topological polar surface area (TPSA) is 55.6 Å². The Labute approximate surface area is 133 Å². The van der Waals surface area contributed by atoms with Gasteiger partial charge in [0.1, 0.15) is 5.75 Å². The smallest absolute Gasteiger partial charge is 0.270 e. The van der Waals surface area contributed by atoms with Crippen molar-refractivity contribution in [2.75, 3.05) is 11.4 Å². The fraction of sp³-hybridized carbons (Fsp3) is 0.611. The van der Waals surface area contributed by atoms with Crippen LogP contribution in [0.4, 0.5) is 5.69 Å². The average Bonchev–Trinajstić information content (AvgIpc) is 2.41. The highest BCUT2D eigenvalue weighted by Crippen LogP contribution is 2.40. The molecule has 1 aliphatic rings.